The van der Waals surface area contributed by atoms with Crippen LogP contribution in [0.5, 0.6) is 0 Å². The first-order valence-corrected chi connectivity index (χ1v) is 3.63. The first kappa shape index (κ1) is 9.63. The van der Waals surface area contributed by atoms with E-state index in [0.29, 0.717) is 0 Å². The Balaban J connectivity index is 3.88. The number of aliphatic imine (C=N–C) groups is 1. The van der Waals surface area contributed by atoms with E-state index in [2.05, 4.69) is 31.1 Å². The summed E-state index contributed by atoms with van der Waals surface area (Å²) in [6, 6.07) is 0. The van der Waals surface area contributed by atoms with Crippen molar-refractivity contribution in [2.24, 2.45) is 4.99 Å². The quantitative estimate of drug-likeness (QED) is 0.593. The molecule has 0 aliphatic heterocycles. The van der Waals surface area contributed by atoms with Gasteiger partial charge in [0, 0.05) is 24.7 Å². The van der Waals surface area contributed by atoms with Crippen molar-refractivity contribution in [2.45, 2.75) is 32.7 Å². The van der Waals surface area contributed by atoms with Crippen molar-refractivity contribution in [3.63, 3.8) is 0 Å². The van der Waals surface area contributed by atoms with Crippen molar-refractivity contribution in [2.75, 3.05) is 14.1 Å². The maximum absolute atomic E-state index is 4.10. The molecule has 0 amide bonds. The summed E-state index contributed by atoms with van der Waals surface area (Å²) < 4.78 is 0. The van der Waals surface area contributed by atoms with Gasteiger partial charge in [0.05, 0.1) is 0 Å². The topological polar surface area (TPSA) is 24.4 Å². The van der Waals surface area contributed by atoms with E-state index in [-0.39, 0.29) is 5.54 Å². The largest absolute Gasteiger partial charge is 0.314 e. The Bertz CT molecular complexity index is 125. The molecule has 0 bridgehead atoms. The second-order valence-corrected chi connectivity index (χ2v) is 3.27. The van der Waals surface area contributed by atoms with Gasteiger partial charge in [-0.1, -0.05) is 0 Å². The van der Waals surface area contributed by atoms with Crippen molar-refractivity contribution in [3.8, 4) is 0 Å². The van der Waals surface area contributed by atoms with Gasteiger partial charge in [-0.2, -0.15) is 0 Å². The molecular weight excluding hydrogens is 124 g/mol. The molecule has 0 radical (unpaired) electrons. The van der Waals surface area contributed by atoms with Gasteiger partial charge in [-0.05, 0) is 27.8 Å². The molecular formula is C8H18N2. The van der Waals surface area contributed by atoms with Gasteiger partial charge in [-0.15, -0.1) is 0 Å². The lowest BCUT2D eigenvalue weighted by molar-refractivity contribution is 0.440. The molecule has 0 atom stereocenters. The fourth-order valence-corrected chi connectivity index (χ4v) is 0.807. The maximum Gasteiger partial charge on any atom is 0.0276 e. The van der Waals surface area contributed by atoms with E-state index in [1.807, 2.05) is 14.1 Å². The van der Waals surface area contributed by atoms with E-state index in [1.54, 1.807) is 0 Å². The minimum absolute atomic E-state index is 0.184. The average molecular weight is 142 g/mol. The Morgan fingerprint density at radius 1 is 1.50 bits per heavy atom. The van der Waals surface area contributed by atoms with Crippen LogP contribution in [-0.2, 0) is 0 Å². The van der Waals surface area contributed by atoms with Crippen LogP contribution in [0, 0.1) is 0 Å². The summed E-state index contributed by atoms with van der Waals surface area (Å²) in [5, 5.41) is 3.23. The first-order chi connectivity index (χ1) is 4.52. The zero-order chi connectivity index (χ0) is 8.20. The summed E-state index contributed by atoms with van der Waals surface area (Å²) in [6.45, 7) is 6.39. The molecule has 1 N–H and O–H groups in total. The lowest BCUT2D eigenvalue weighted by Crippen LogP contribution is -2.37. The van der Waals surface area contributed by atoms with Crippen molar-refractivity contribution in [1.29, 1.82) is 0 Å². The van der Waals surface area contributed by atoms with E-state index >= 15 is 0 Å². The Morgan fingerprint density at radius 2 is 2.00 bits per heavy atom. The van der Waals surface area contributed by atoms with Crippen LogP contribution in [0.25, 0.3) is 0 Å². The van der Waals surface area contributed by atoms with Gasteiger partial charge in [-0.3, -0.25) is 4.99 Å². The first-order valence-electron chi connectivity index (χ1n) is 3.63. The van der Waals surface area contributed by atoms with E-state index in [4.69, 9.17) is 0 Å². The van der Waals surface area contributed by atoms with Crippen molar-refractivity contribution in [1.82, 2.24) is 5.32 Å². The third-order valence-corrected chi connectivity index (χ3v) is 1.76. The normalized spacial score (nSPS) is 13.9. The third kappa shape index (κ3) is 3.62. The fraction of sp³-hybridized carbons (Fsp3) is 0.875. The van der Waals surface area contributed by atoms with E-state index < -0.39 is 0 Å². The van der Waals surface area contributed by atoms with Crippen molar-refractivity contribution in [3.05, 3.63) is 0 Å². The predicted octanol–water partition coefficient (Wildman–Crippen LogP) is 1.47. The van der Waals surface area contributed by atoms with Crippen LogP contribution in [-0.4, -0.2) is 25.3 Å². The molecule has 0 heterocycles. The van der Waals surface area contributed by atoms with Crippen LogP contribution in [0.2, 0.25) is 0 Å². The molecule has 0 aliphatic rings. The van der Waals surface area contributed by atoms with Gasteiger partial charge in [0.1, 0.15) is 0 Å². The van der Waals surface area contributed by atoms with E-state index in [9.17, 15) is 0 Å². The number of nitrogens with one attached hydrogen (secondary N) is 1. The number of hydrogen-bond donors (Lipinski definition) is 1. The lowest BCUT2D eigenvalue weighted by atomic mass is 9.98. The molecule has 60 valence electrons. The van der Waals surface area contributed by atoms with Crippen LogP contribution in [0.3, 0.4) is 0 Å². The molecule has 0 unspecified atom stereocenters. The second-order valence-electron chi connectivity index (χ2n) is 3.27. The smallest absolute Gasteiger partial charge is 0.0276 e. The van der Waals surface area contributed by atoms with Gasteiger partial charge in [0.15, 0.2) is 0 Å². The maximum atomic E-state index is 4.10. The average Bonchev–Trinajstić information content (AvgIpc) is 1.87. The summed E-state index contributed by atoms with van der Waals surface area (Å²) in [5.74, 6) is 0. The molecule has 0 rings (SSSR count). The summed E-state index contributed by atoms with van der Waals surface area (Å²) in [6.07, 6.45) is 1.01. The highest BCUT2D eigenvalue weighted by molar-refractivity contribution is 5.82. The Labute approximate surface area is 63.7 Å². The Morgan fingerprint density at radius 3 is 2.30 bits per heavy atom. The minimum atomic E-state index is 0.184. The van der Waals surface area contributed by atoms with Crippen LogP contribution in [0.4, 0.5) is 0 Å². The van der Waals surface area contributed by atoms with Gasteiger partial charge < -0.3 is 5.32 Å². The molecule has 2 nitrogen and oxygen atoms in total. The number of nitrogens with zero attached hydrogens (tertiary/aromatic N) is 1. The van der Waals surface area contributed by atoms with Gasteiger partial charge in [-0.25, -0.2) is 0 Å². The fourth-order valence-electron chi connectivity index (χ4n) is 0.807. The zero-order valence-corrected chi connectivity index (χ0v) is 7.65. The monoisotopic (exact) mass is 142 g/mol. The molecule has 0 spiro atoms. The highest BCUT2D eigenvalue weighted by Gasteiger charge is 2.14. The highest BCUT2D eigenvalue weighted by atomic mass is 14.9. The molecule has 10 heavy (non-hydrogen) atoms. The molecule has 0 aliphatic carbocycles. The van der Waals surface area contributed by atoms with Crippen LogP contribution in [0.15, 0.2) is 4.99 Å². The molecule has 0 saturated carbocycles. The van der Waals surface area contributed by atoms with Gasteiger partial charge in [0.25, 0.3) is 0 Å². The van der Waals surface area contributed by atoms with Crippen LogP contribution < -0.4 is 5.32 Å². The lowest BCUT2D eigenvalue weighted by Gasteiger charge is -2.23. The van der Waals surface area contributed by atoms with Crippen molar-refractivity contribution < 1.29 is 0 Å². The highest BCUT2D eigenvalue weighted by Crippen LogP contribution is 2.07. The van der Waals surface area contributed by atoms with Gasteiger partial charge in [0.2, 0.25) is 0 Å². The molecule has 0 saturated heterocycles. The minimum Gasteiger partial charge on any atom is -0.314 e. The number of rotatable bonds is 3. The van der Waals surface area contributed by atoms with Crippen molar-refractivity contribution >= 4 is 5.71 Å². The van der Waals surface area contributed by atoms with E-state index in [0.717, 1.165) is 6.42 Å². The second kappa shape index (κ2) is 3.71. The molecule has 0 fully saturated rings. The molecule has 0 aromatic heterocycles. The molecule has 2 heteroatoms. The predicted molar refractivity (Wildman–Crippen MR) is 46.8 cm³/mol. The zero-order valence-electron chi connectivity index (χ0n) is 7.65. The third-order valence-electron chi connectivity index (χ3n) is 1.76. The molecule has 0 aromatic carbocycles. The van der Waals surface area contributed by atoms with Crippen LogP contribution >= 0.6 is 0 Å². The SMILES string of the molecule is CN=C(C)CC(C)(C)NC. The Kier molecular flexibility index (Phi) is 3.58. The molecule has 0 aromatic rings. The van der Waals surface area contributed by atoms with Crippen LogP contribution in [0.1, 0.15) is 27.2 Å². The van der Waals surface area contributed by atoms with E-state index in [1.165, 1.54) is 5.71 Å². The Hall–Kier alpha value is -0.370. The standard InChI is InChI=1S/C8H18N2/c1-7(9-4)6-8(2,3)10-5/h10H,6H2,1-5H3. The summed E-state index contributed by atoms with van der Waals surface area (Å²) in [4.78, 5) is 4.10. The summed E-state index contributed by atoms with van der Waals surface area (Å²) in [7, 11) is 3.81. The number of hydrogen-bond acceptors (Lipinski definition) is 2. The van der Waals surface area contributed by atoms with Gasteiger partial charge >= 0.3 is 0 Å². The summed E-state index contributed by atoms with van der Waals surface area (Å²) >= 11 is 0. The summed E-state index contributed by atoms with van der Waals surface area (Å²) in [5.41, 5.74) is 1.38.